The highest BCUT2D eigenvalue weighted by molar-refractivity contribution is 5.89. The Morgan fingerprint density at radius 2 is 1.69 bits per heavy atom. The summed E-state index contributed by atoms with van der Waals surface area (Å²) < 4.78 is 11.9. The number of fused-ring (bicyclic) bond motifs is 3. The van der Waals surface area contributed by atoms with Crippen LogP contribution in [0.4, 0.5) is 5.82 Å². The minimum atomic E-state index is -0.250. The predicted molar refractivity (Wildman–Crippen MR) is 126 cm³/mol. The van der Waals surface area contributed by atoms with Crippen molar-refractivity contribution in [3.8, 4) is 11.5 Å². The minimum absolute atomic E-state index is 0.250. The molecule has 174 valence electrons. The molecule has 1 aliphatic carbocycles. The Balaban J connectivity index is 0.000000775. The van der Waals surface area contributed by atoms with E-state index in [2.05, 4.69) is 21.9 Å². The van der Waals surface area contributed by atoms with Crippen molar-refractivity contribution in [2.45, 2.75) is 51.4 Å². The maximum atomic E-state index is 8.36. The molecule has 2 aromatic rings. The van der Waals surface area contributed by atoms with Crippen LogP contribution in [-0.2, 0) is 17.6 Å². The van der Waals surface area contributed by atoms with Crippen LogP contribution < -0.4 is 14.4 Å². The van der Waals surface area contributed by atoms with E-state index in [4.69, 9.17) is 24.4 Å². The van der Waals surface area contributed by atoms with Gasteiger partial charge in [0.2, 0.25) is 0 Å². The highest BCUT2D eigenvalue weighted by Crippen LogP contribution is 2.40. The molecule has 0 bridgehead atoms. The second kappa shape index (κ2) is 10.9. The Morgan fingerprint density at radius 1 is 1.00 bits per heavy atom. The van der Waals surface area contributed by atoms with Gasteiger partial charge in [-0.2, -0.15) is 0 Å². The van der Waals surface area contributed by atoms with Gasteiger partial charge in [0.05, 0.1) is 19.2 Å². The molecule has 0 atom stereocenters. The van der Waals surface area contributed by atoms with Crippen molar-refractivity contribution in [1.82, 2.24) is 9.88 Å². The van der Waals surface area contributed by atoms with Crippen LogP contribution in [0.3, 0.4) is 0 Å². The van der Waals surface area contributed by atoms with Gasteiger partial charge in [-0.25, -0.2) is 4.98 Å². The lowest BCUT2D eigenvalue weighted by molar-refractivity contribution is -0.122. The number of pyridine rings is 1. The summed E-state index contributed by atoms with van der Waals surface area (Å²) in [5.41, 5.74) is 4.01. The van der Waals surface area contributed by atoms with Crippen LogP contribution >= 0.6 is 0 Å². The number of ether oxygens (including phenoxy) is 2. The van der Waals surface area contributed by atoms with Gasteiger partial charge in [0.1, 0.15) is 5.82 Å². The van der Waals surface area contributed by atoms with Gasteiger partial charge >= 0.3 is 0 Å². The summed E-state index contributed by atoms with van der Waals surface area (Å²) in [6.07, 6.45) is 9.83. The zero-order chi connectivity index (χ0) is 22.3. The molecular weight excluding hydrogens is 406 g/mol. The van der Waals surface area contributed by atoms with Gasteiger partial charge in [0.25, 0.3) is 6.47 Å². The van der Waals surface area contributed by atoms with E-state index in [1.807, 2.05) is 0 Å². The summed E-state index contributed by atoms with van der Waals surface area (Å²) in [5, 5.41) is 8.14. The molecule has 3 aliphatic rings. The third-order valence-electron chi connectivity index (χ3n) is 6.80. The Morgan fingerprint density at radius 3 is 2.41 bits per heavy atom. The molecule has 2 fully saturated rings. The van der Waals surface area contributed by atoms with Crippen molar-refractivity contribution in [1.29, 1.82) is 0 Å². The summed E-state index contributed by atoms with van der Waals surface area (Å²) in [6, 6.07) is 4.28. The van der Waals surface area contributed by atoms with E-state index in [0.29, 0.717) is 0 Å². The van der Waals surface area contributed by atoms with E-state index < -0.39 is 0 Å². The van der Waals surface area contributed by atoms with Crippen LogP contribution in [-0.4, -0.2) is 67.9 Å². The molecule has 0 unspecified atom stereocenters. The number of benzene rings is 1. The van der Waals surface area contributed by atoms with E-state index in [1.165, 1.54) is 67.5 Å². The van der Waals surface area contributed by atoms with Crippen LogP contribution in [0.15, 0.2) is 12.1 Å². The Labute approximate surface area is 190 Å². The van der Waals surface area contributed by atoms with E-state index in [9.17, 15) is 0 Å². The average molecular weight is 442 g/mol. The lowest BCUT2D eigenvalue weighted by Gasteiger charge is -2.22. The van der Waals surface area contributed by atoms with E-state index >= 15 is 0 Å². The summed E-state index contributed by atoms with van der Waals surface area (Å²) >= 11 is 0. The highest BCUT2D eigenvalue weighted by atomic mass is 16.5. The first kappa shape index (κ1) is 22.6. The van der Waals surface area contributed by atoms with Crippen molar-refractivity contribution in [2.24, 2.45) is 0 Å². The quantitative estimate of drug-likeness (QED) is 0.516. The fourth-order valence-corrected chi connectivity index (χ4v) is 5.29. The fraction of sp³-hybridized carbons (Fsp3) is 0.600. The van der Waals surface area contributed by atoms with Gasteiger partial charge < -0.3 is 24.4 Å². The predicted octanol–water partition coefficient (Wildman–Crippen LogP) is 3.90. The monoisotopic (exact) mass is 441 g/mol. The molecule has 0 saturated carbocycles. The molecule has 3 heterocycles. The van der Waals surface area contributed by atoms with Crippen LogP contribution in [0.1, 0.15) is 49.7 Å². The Bertz CT molecular complexity index is 921. The zero-order valence-electron chi connectivity index (χ0n) is 19.1. The van der Waals surface area contributed by atoms with Gasteiger partial charge in [-0.3, -0.25) is 4.79 Å². The smallest absolute Gasteiger partial charge is 0.290 e. The van der Waals surface area contributed by atoms with E-state index in [0.717, 1.165) is 62.5 Å². The van der Waals surface area contributed by atoms with Crippen LogP contribution in [0.2, 0.25) is 0 Å². The van der Waals surface area contributed by atoms with E-state index in [-0.39, 0.29) is 6.47 Å². The van der Waals surface area contributed by atoms with Crippen LogP contribution in [0.25, 0.3) is 10.9 Å². The molecule has 0 radical (unpaired) electrons. The zero-order valence-corrected chi connectivity index (χ0v) is 19.1. The van der Waals surface area contributed by atoms with Crippen LogP contribution in [0.5, 0.6) is 11.5 Å². The summed E-state index contributed by atoms with van der Waals surface area (Å²) in [7, 11) is 1.74. The first-order chi connectivity index (χ1) is 15.7. The molecule has 0 amide bonds. The minimum Gasteiger partial charge on any atom is -0.493 e. The number of aromatic nitrogens is 1. The molecule has 2 aliphatic heterocycles. The number of hydrogen-bond acceptors (Lipinski definition) is 6. The van der Waals surface area contributed by atoms with Gasteiger partial charge in [0, 0.05) is 31.1 Å². The van der Waals surface area contributed by atoms with Gasteiger partial charge in [-0.05, 0) is 81.6 Å². The maximum absolute atomic E-state index is 8.36. The number of carboxylic acid groups (broad SMARTS) is 1. The third kappa shape index (κ3) is 4.93. The number of nitrogens with zero attached hydrogens (tertiary/aromatic N) is 3. The highest BCUT2D eigenvalue weighted by Gasteiger charge is 2.25. The summed E-state index contributed by atoms with van der Waals surface area (Å²) in [5.74, 6) is 2.90. The molecule has 7 heteroatoms. The largest absolute Gasteiger partial charge is 0.493 e. The molecule has 1 aromatic carbocycles. The number of rotatable bonds is 7. The van der Waals surface area contributed by atoms with Crippen molar-refractivity contribution in [3.05, 3.63) is 23.3 Å². The van der Waals surface area contributed by atoms with Gasteiger partial charge in [0.15, 0.2) is 11.5 Å². The first-order valence-corrected chi connectivity index (χ1v) is 12.0. The molecule has 32 heavy (non-hydrogen) atoms. The molecule has 5 rings (SSSR count). The lowest BCUT2D eigenvalue weighted by Crippen LogP contribution is -2.22. The third-order valence-corrected chi connectivity index (χ3v) is 6.80. The number of aryl methyl sites for hydroxylation is 1. The standard InChI is InChI=1S/C24H33N3O2.CH2O2/c1-28-22-16-20-18-8-6-9-19(18)24(27-13-4-5-14-27)25-21(20)17-23(22)29-15-7-12-26-10-2-3-11-26;2-1-3/h16-17H,2-15H2,1H3;1H,(H,2,3). The fourth-order valence-electron chi connectivity index (χ4n) is 5.29. The number of hydrogen-bond donors (Lipinski definition) is 1. The SMILES string of the molecule is COc1cc2c3c(c(N4CCCC4)nc2cc1OCCCN1CCCC1)CCC3.O=CO. The first-order valence-electron chi connectivity index (χ1n) is 12.0. The summed E-state index contributed by atoms with van der Waals surface area (Å²) in [6.45, 7) is 6.37. The van der Waals surface area contributed by atoms with E-state index in [1.54, 1.807) is 7.11 Å². The molecule has 0 spiro atoms. The topological polar surface area (TPSA) is 75.1 Å². The number of anilines is 1. The Hall–Kier alpha value is -2.54. The molecule has 2 saturated heterocycles. The maximum Gasteiger partial charge on any atom is 0.290 e. The second-order valence-corrected chi connectivity index (χ2v) is 8.82. The summed E-state index contributed by atoms with van der Waals surface area (Å²) in [4.78, 5) is 18.5. The Kier molecular flexibility index (Phi) is 7.68. The number of likely N-dealkylation sites (tertiary alicyclic amines) is 1. The second-order valence-electron chi connectivity index (χ2n) is 8.82. The molecule has 1 aromatic heterocycles. The lowest BCUT2D eigenvalue weighted by atomic mass is 10.0. The van der Waals surface area contributed by atoms with Crippen molar-refractivity contribution >= 4 is 23.2 Å². The normalized spacial score (nSPS) is 17.8. The molecule has 1 N–H and O–H groups in total. The van der Waals surface area contributed by atoms with Gasteiger partial charge in [-0.1, -0.05) is 0 Å². The van der Waals surface area contributed by atoms with Crippen molar-refractivity contribution < 1.29 is 19.4 Å². The van der Waals surface area contributed by atoms with Crippen molar-refractivity contribution in [3.63, 3.8) is 0 Å². The molecular formula is C25H35N3O4. The van der Waals surface area contributed by atoms with Crippen LogP contribution in [0, 0.1) is 0 Å². The number of methoxy groups -OCH3 is 1. The number of carbonyl (C=O) groups is 1. The van der Waals surface area contributed by atoms with Crippen molar-refractivity contribution in [2.75, 3.05) is 51.3 Å². The molecule has 7 nitrogen and oxygen atoms in total. The van der Waals surface area contributed by atoms with Gasteiger partial charge in [-0.15, -0.1) is 0 Å². The average Bonchev–Trinajstić information content (AvgIpc) is 3.58.